The zero-order valence-electron chi connectivity index (χ0n) is 11.1. The molecule has 0 fully saturated rings. The first-order chi connectivity index (χ1) is 9.81. The zero-order valence-corrected chi connectivity index (χ0v) is 11.9. The molecule has 4 heteroatoms. The molecule has 2 aromatic rings. The van der Waals surface area contributed by atoms with Crippen molar-refractivity contribution in [3.05, 3.63) is 47.9 Å². The van der Waals surface area contributed by atoms with Crippen molar-refractivity contribution < 1.29 is 4.79 Å². The molecule has 0 saturated carbocycles. The monoisotopic (exact) mass is 284 g/mol. The molecule has 20 heavy (non-hydrogen) atoms. The van der Waals surface area contributed by atoms with Gasteiger partial charge in [-0.2, -0.15) is 0 Å². The second-order valence-electron chi connectivity index (χ2n) is 4.92. The predicted molar refractivity (Wildman–Crippen MR) is 82.7 cm³/mol. The number of amides is 1. The lowest BCUT2D eigenvalue weighted by atomic mass is 10.1. The minimum Gasteiger partial charge on any atom is -0.302 e. The highest BCUT2D eigenvalue weighted by Crippen LogP contribution is 2.25. The van der Waals surface area contributed by atoms with Crippen LogP contribution < -0.4 is 5.32 Å². The molecule has 1 aromatic heterocycles. The minimum atomic E-state index is 0.0514. The fraction of sp³-hybridized carbons (Fsp3) is 0.250. The molecule has 0 bridgehead atoms. The van der Waals surface area contributed by atoms with E-state index in [4.69, 9.17) is 0 Å². The van der Waals surface area contributed by atoms with Gasteiger partial charge in [-0.1, -0.05) is 42.5 Å². The molecule has 1 aliphatic carbocycles. The molecular weight excluding hydrogens is 268 g/mol. The van der Waals surface area contributed by atoms with Crippen LogP contribution in [0.5, 0.6) is 0 Å². The molecule has 1 heterocycles. The number of carbonyl (C=O) groups is 1. The number of aromatic nitrogens is 1. The molecule has 1 amide bonds. The average molecular weight is 284 g/mol. The normalized spacial score (nSPS) is 17.3. The highest BCUT2D eigenvalue weighted by molar-refractivity contribution is 7.14. The summed E-state index contributed by atoms with van der Waals surface area (Å²) in [5.41, 5.74) is 1.98. The number of carbonyl (C=O) groups excluding carboxylic acids is 1. The number of thiazole rings is 1. The van der Waals surface area contributed by atoms with E-state index in [0.717, 1.165) is 24.1 Å². The molecule has 3 rings (SSSR count). The molecule has 1 aliphatic rings. The van der Waals surface area contributed by atoms with Crippen molar-refractivity contribution in [1.29, 1.82) is 0 Å². The van der Waals surface area contributed by atoms with E-state index >= 15 is 0 Å². The van der Waals surface area contributed by atoms with Gasteiger partial charge in [0, 0.05) is 17.4 Å². The van der Waals surface area contributed by atoms with Crippen molar-refractivity contribution in [2.24, 2.45) is 5.92 Å². The lowest BCUT2D eigenvalue weighted by Gasteiger charge is -2.06. The third kappa shape index (κ3) is 3.14. The van der Waals surface area contributed by atoms with E-state index in [1.807, 2.05) is 35.7 Å². The Morgan fingerprint density at radius 2 is 2.20 bits per heavy atom. The Morgan fingerprint density at radius 1 is 1.35 bits per heavy atom. The van der Waals surface area contributed by atoms with Crippen LogP contribution >= 0.6 is 11.3 Å². The van der Waals surface area contributed by atoms with Crippen LogP contribution in [0.1, 0.15) is 19.3 Å². The highest BCUT2D eigenvalue weighted by atomic mass is 32.1. The molecule has 0 saturated heterocycles. The lowest BCUT2D eigenvalue weighted by molar-refractivity contribution is -0.116. The molecule has 0 spiro atoms. The molecule has 102 valence electrons. The van der Waals surface area contributed by atoms with Crippen molar-refractivity contribution in [1.82, 2.24) is 4.98 Å². The first kappa shape index (κ1) is 13.1. The van der Waals surface area contributed by atoms with Crippen LogP contribution in [0.15, 0.2) is 47.9 Å². The number of anilines is 1. The predicted octanol–water partition coefficient (Wildman–Crippen LogP) is 4.10. The average Bonchev–Trinajstić information content (AvgIpc) is 3.11. The van der Waals surface area contributed by atoms with Gasteiger partial charge in [-0.3, -0.25) is 4.79 Å². The Hall–Kier alpha value is -1.94. The van der Waals surface area contributed by atoms with Gasteiger partial charge in [0.2, 0.25) is 5.91 Å². The number of hydrogen-bond donors (Lipinski definition) is 1. The van der Waals surface area contributed by atoms with Crippen LogP contribution in [0.4, 0.5) is 5.13 Å². The summed E-state index contributed by atoms with van der Waals surface area (Å²) in [6.07, 6.45) is 7.01. The van der Waals surface area contributed by atoms with Crippen LogP contribution in [0.2, 0.25) is 0 Å². The van der Waals surface area contributed by atoms with Gasteiger partial charge in [0.1, 0.15) is 0 Å². The number of benzene rings is 1. The molecule has 0 aliphatic heterocycles. The smallest absolute Gasteiger partial charge is 0.226 e. The second-order valence-corrected chi connectivity index (χ2v) is 5.78. The first-order valence-corrected chi connectivity index (χ1v) is 7.67. The van der Waals surface area contributed by atoms with E-state index in [-0.39, 0.29) is 5.91 Å². The van der Waals surface area contributed by atoms with Crippen LogP contribution in [-0.2, 0) is 4.79 Å². The molecular formula is C16H16N2OS. The summed E-state index contributed by atoms with van der Waals surface area (Å²) in [6.45, 7) is 0. The van der Waals surface area contributed by atoms with Gasteiger partial charge in [-0.15, -0.1) is 11.3 Å². The summed E-state index contributed by atoms with van der Waals surface area (Å²) < 4.78 is 0. The number of allylic oxidation sites excluding steroid dienone is 2. The fourth-order valence-corrected chi connectivity index (χ4v) is 3.08. The maximum Gasteiger partial charge on any atom is 0.226 e. The highest BCUT2D eigenvalue weighted by Gasteiger charge is 2.15. The number of rotatable bonds is 4. The summed E-state index contributed by atoms with van der Waals surface area (Å²) in [4.78, 5) is 16.4. The molecule has 1 aromatic carbocycles. The van der Waals surface area contributed by atoms with E-state index in [0.29, 0.717) is 17.5 Å². The molecule has 1 N–H and O–H groups in total. The number of nitrogens with zero attached hydrogens (tertiary/aromatic N) is 1. The van der Waals surface area contributed by atoms with Gasteiger partial charge in [0.25, 0.3) is 0 Å². The Morgan fingerprint density at radius 3 is 2.95 bits per heavy atom. The summed E-state index contributed by atoms with van der Waals surface area (Å²) in [5.74, 6) is 0.444. The standard InChI is InChI=1S/C16H16N2OS/c19-15(10-12-6-4-5-7-12)18-16-17-14(11-20-16)13-8-2-1-3-9-13/h1-4,6,8-9,11-12H,5,7,10H2,(H,17,18,19). The third-order valence-corrected chi connectivity index (χ3v) is 4.14. The Labute approximate surface area is 122 Å². The number of nitrogens with one attached hydrogen (secondary N) is 1. The largest absolute Gasteiger partial charge is 0.302 e. The number of hydrogen-bond acceptors (Lipinski definition) is 3. The van der Waals surface area contributed by atoms with Crippen LogP contribution in [0.3, 0.4) is 0 Å². The maximum atomic E-state index is 11.9. The van der Waals surface area contributed by atoms with Gasteiger partial charge >= 0.3 is 0 Å². The van der Waals surface area contributed by atoms with Crippen molar-refractivity contribution in [3.8, 4) is 11.3 Å². The van der Waals surface area contributed by atoms with Gasteiger partial charge in [0.05, 0.1) is 5.69 Å². The van der Waals surface area contributed by atoms with Gasteiger partial charge in [-0.25, -0.2) is 4.98 Å². The van der Waals surface area contributed by atoms with E-state index < -0.39 is 0 Å². The SMILES string of the molecule is O=C(CC1C=CCC1)Nc1nc(-c2ccccc2)cs1. The van der Waals surface area contributed by atoms with Crippen LogP contribution in [-0.4, -0.2) is 10.9 Å². The Balaban J connectivity index is 1.62. The summed E-state index contributed by atoms with van der Waals surface area (Å²) in [5, 5.41) is 5.54. The van der Waals surface area contributed by atoms with Crippen molar-refractivity contribution in [2.45, 2.75) is 19.3 Å². The third-order valence-electron chi connectivity index (χ3n) is 3.38. The van der Waals surface area contributed by atoms with Crippen LogP contribution in [0.25, 0.3) is 11.3 Å². The quantitative estimate of drug-likeness (QED) is 0.859. The molecule has 1 atom stereocenters. The Bertz CT molecular complexity index is 618. The van der Waals surface area contributed by atoms with Gasteiger partial charge < -0.3 is 5.32 Å². The molecule has 3 nitrogen and oxygen atoms in total. The maximum absolute atomic E-state index is 11.9. The van der Waals surface area contributed by atoms with Crippen molar-refractivity contribution >= 4 is 22.4 Å². The lowest BCUT2D eigenvalue weighted by Crippen LogP contribution is -2.14. The van der Waals surface area contributed by atoms with Crippen LogP contribution in [0, 0.1) is 5.92 Å². The van der Waals surface area contributed by atoms with Gasteiger partial charge in [0.15, 0.2) is 5.13 Å². The van der Waals surface area contributed by atoms with E-state index in [2.05, 4.69) is 22.5 Å². The van der Waals surface area contributed by atoms with E-state index in [1.54, 1.807) is 0 Å². The van der Waals surface area contributed by atoms with E-state index in [1.165, 1.54) is 11.3 Å². The zero-order chi connectivity index (χ0) is 13.8. The van der Waals surface area contributed by atoms with E-state index in [9.17, 15) is 4.79 Å². The van der Waals surface area contributed by atoms with Gasteiger partial charge in [-0.05, 0) is 18.8 Å². The molecule has 0 radical (unpaired) electrons. The summed E-state index contributed by atoms with van der Waals surface area (Å²) >= 11 is 1.47. The topological polar surface area (TPSA) is 42.0 Å². The van der Waals surface area contributed by atoms with Crippen molar-refractivity contribution in [3.63, 3.8) is 0 Å². The Kier molecular flexibility index (Phi) is 3.92. The fourth-order valence-electron chi connectivity index (χ4n) is 2.35. The molecule has 1 unspecified atom stereocenters. The first-order valence-electron chi connectivity index (χ1n) is 6.79. The van der Waals surface area contributed by atoms with Crippen molar-refractivity contribution in [2.75, 3.05) is 5.32 Å². The summed E-state index contributed by atoms with van der Waals surface area (Å²) in [7, 11) is 0. The summed E-state index contributed by atoms with van der Waals surface area (Å²) in [6, 6.07) is 9.99. The second kappa shape index (κ2) is 6.01. The minimum absolute atomic E-state index is 0.0514.